The van der Waals surface area contributed by atoms with Gasteiger partial charge in [0.15, 0.2) is 0 Å². The maximum atomic E-state index is 4.31. The Kier molecular flexibility index (Phi) is 20.5. The molecule has 42 heavy (non-hydrogen) atoms. The molecule has 4 aromatic heterocycles. The summed E-state index contributed by atoms with van der Waals surface area (Å²) in [6, 6.07) is 6.36. The minimum absolute atomic E-state index is 0. The molecule has 0 saturated heterocycles. The Morgan fingerprint density at radius 2 is 1.02 bits per heavy atom. The van der Waals surface area contributed by atoms with E-state index in [1.165, 1.54) is 16.7 Å². The van der Waals surface area contributed by atoms with E-state index in [0.717, 1.165) is 28.5 Å². The second-order valence-electron chi connectivity index (χ2n) is 11.3. The van der Waals surface area contributed by atoms with Crippen LogP contribution in [0.5, 0.6) is 0 Å². The molecule has 4 aromatic rings. The van der Waals surface area contributed by atoms with E-state index in [1.54, 1.807) is 12.4 Å². The fourth-order valence-electron chi connectivity index (χ4n) is 3.18. The smallest absolute Gasteiger partial charge is 0.0615 e. The highest BCUT2D eigenvalue weighted by Crippen LogP contribution is 2.13. The van der Waals surface area contributed by atoms with Gasteiger partial charge in [-0.2, -0.15) is 0 Å². The molecule has 0 radical (unpaired) electrons. The third-order valence-corrected chi connectivity index (χ3v) is 5.92. The molecule has 0 bridgehead atoms. The highest BCUT2D eigenvalue weighted by Gasteiger charge is 2.00. The number of hydrogen-bond donors (Lipinski definition) is 0. The van der Waals surface area contributed by atoms with Gasteiger partial charge >= 0.3 is 0 Å². The van der Waals surface area contributed by atoms with Gasteiger partial charge in [0.05, 0.1) is 22.8 Å². The van der Waals surface area contributed by atoms with E-state index in [0.29, 0.717) is 23.7 Å². The number of nitrogens with zero attached hydrogens (tertiary/aromatic N) is 6. The van der Waals surface area contributed by atoms with Gasteiger partial charge in [-0.15, -0.1) is 0 Å². The first kappa shape index (κ1) is 40.6. The van der Waals surface area contributed by atoms with E-state index in [4.69, 9.17) is 0 Å². The van der Waals surface area contributed by atoms with Crippen LogP contribution in [-0.4, -0.2) is 29.9 Å². The number of aryl methyl sites for hydroxylation is 4. The molecule has 0 spiro atoms. The molecule has 0 aliphatic rings. The Bertz CT molecular complexity index is 1130. The van der Waals surface area contributed by atoms with Crippen molar-refractivity contribution in [3.8, 4) is 0 Å². The molecule has 0 N–H and O–H groups in total. The number of aromatic nitrogens is 6. The molecule has 0 fully saturated rings. The fraction of sp³-hybridized carbons (Fsp3) is 0.500. The van der Waals surface area contributed by atoms with Gasteiger partial charge in [-0.3, -0.25) is 29.9 Å². The van der Waals surface area contributed by atoms with Gasteiger partial charge in [-0.1, -0.05) is 82.4 Å². The lowest BCUT2D eigenvalue weighted by molar-refractivity contribution is 0.803. The van der Waals surface area contributed by atoms with Crippen LogP contribution in [0.2, 0.25) is 0 Å². The van der Waals surface area contributed by atoms with Gasteiger partial charge in [-0.05, 0) is 74.1 Å². The summed E-state index contributed by atoms with van der Waals surface area (Å²) in [4.78, 5) is 25.0. The van der Waals surface area contributed by atoms with Crippen LogP contribution >= 0.6 is 0 Å². The van der Waals surface area contributed by atoms with E-state index in [9.17, 15) is 0 Å². The van der Waals surface area contributed by atoms with Crippen molar-refractivity contribution < 1.29 is 0 Å². The van der Waals surface area contributed by atoms with Gasteiger partial charge in [0.2, 0.25) is 0 Å². The normalized spacial score (nSPS) is 9.90. The van der Waals surface area contributed by atoms with Crippen LogP contribution in [0.4, 0.5) is 0 Å². The maximum Gasteiger partial charge on any atom is 0.0615 e. The van der Waals surface area contributed by atoms with Gasteiger partial charge in [0, 0.05) is 49.1 Å². The zero-order valence-corrected chi connectivity index (χ0v) is 26.8. The van der Waals surface area contributed by atoms with Crippen LogP contribution in [0.1, 0.15) is 139 Å². The molecule has 0 aliphatic carbocycles. The predicted octanol–water partition coefficient (Wildman–Crippen LogP) is 10.1. The number of pyridine rings is 2. The van der Waals surface area contributed by atoms with E-state index in [2.05, 4.69) is 110 Å². The third kappa shape index (κ3) is 16.7. The molecule has 0 aliphatic heterocycles. The molecular weight excluding hydrogens is 516 g/mol. The van der Waals surface area contributed by atoms with Gasteiger partial charge < -0.3 is 0 Å². The summed E-state index contributed by atoms with van der Waals surface area (Å²) in [7, 11) is 0. The fourth-order valence-corrected chi connectivity index (χ4v) is 3.18. The molecule has 4 heterocycles. The van der Waals surface area contributed by atoms with Crippen molar-refractivity contribution in [1.29, 1.82) is 0 Å². The van der Waals surface area contributed by atoms with Gasteiger partial charge in [-0.25, -0.2) is 0 Å². The summed E-state index contributed by atoms with van der Waals surface area (Å²) in [5.41, 5.74) is 9.06. The summed E-state index contributed by atoms with van der Waals surface area (Å²) in [6.45, 7) is 25.1. The van der Waals surface area contributed by atoms with Crippen LogP contribution in [0.15, 0.2) is 61.6 Å². The van der Waals surface area contributed by atoms with Gasteiger partial charge in [0.1, 0.15) is 0 Å². The molecule has 0 unspecified atom stereocenters. The zero-order valence-electron chi connectivity index (χ0n) is 26.8. The summed E-state index contributed by atoms with van der Waals surface area (Å²) >= 11 is 0. The van der Waals surface area contributed by atoms with Crippen molar-refractivity contribution in [1.82, 2.24) is 29.9 Å². The molecule has 232 valence electrons. The minimum atomic E-state index is 0. The molecule has 0 aromatic carbocycles. The third-order valence-electron chi connectivity index (χ3n) is 5.92. The van der Waals surface area contributed by atoms with Crippen LogP contribution in [0.3, 0.4) is 0 Å². The van der Waals surface area contributed by atoms with Crippen LogP contribution in [0, 0.1) is 27.7 Å². The molecule has 6 nitrogen and oxygen atoms in total. The highest BCUT2D eigenvalue weighted by atomic mass is 14.8. The van der Waals surface area contributed by atoms with Crippen molar-refractivity contribution in [3.05, 3.63) is 107 Å². The Morgan fingerprint density at radius 1 is 0.452 bits per heavy atom. The number of rotatable bonds is 4. The van der Waals surface area contributed by atoms with Gasteiger partial charge in [0.25, 0.3) is 0 Å². The molecule has 0 atom stereocenters. The highest BCUT2D eigenvalue weighted by molar-refractivity contribution is 5.19. The van der Waals surface area contributed by atoms with Crippen LogP contribution in [0.25, 0.3) is 0 Å². The second kappa shape index (κ2) is 21.2. The van der Waals surface area contributed by atoms with E-state index in [1.807, 2.05) is 51.8 Å². The molecule has 6 heteroatoms. The summed E-state index contributed by atoms with van der Waals surface area (Å²) in [5.74, 6) is 2.14. The number of hydrogen-bond acceptors (Lipinski definition) is 6. The van der Waals surface area contributed by atoms with Crippen molar-refractivity contribution >= 4 is 0 Å². The lowest BCUT2D eigenvalue weighted by atomic mass is 10.0. The van der Waals surface area contributed by atoms with Crippen molar-refractivity contribution in [3.63, 3.8) is 0 Å². The first-order chi connectivity index (χ1) is 18.8. The van der Waals surface area contributed by atoms with Crippen LogP contribution in [-0.2, 0) is 0 Å². The minimum Gasteiger partial charge on any atom is -0.264 e. The Labute approximate surface area is 258 Å². The summed E-state index contributed by atoms with van der Waals surface area (Å²) in [6.07, 6.45) is 13.0. The topological polar surface area (TPSA) is 77.3 Å². The monoisotopic (exact) mass is 574 g/mol. The standard InChI is InChI=1S/2C9H13N.2C8H12N2.2CH4/c1-7(2)9-4-8(3)5-10-6-9;1-7(2)9-5-4-8(3)10-6-9;1-6(2)8-5-9-7(3)4-10-8;1-6(2)8-5-9-4-7(3)10-8;;/h2*4-7H,1-3H3;2*4-6H,1-3H3;2*1H4. The maximum absolute atomic E-state index is 4.31. The Balaban J connectivity index is 0. The quantitative estimate of drug-likeness (QED) is 0.241. The average Bonchev–Trinajstić information content (AvgIpc) is 2.90. The first-order valence-electron chi connectivity index (χ1n) is 14.2. The average molecular weight is 575 g/mol. The van der Waals surface area contributed by atoms with Crippen LogP contribution < -0.4 is 0 Å². The molecule has 4 rings (SSSR count). The Morgan fingerprint density at radius 3 is 1.40 bits per heavy atom. The van der Waals surface area contributed by atoms with Crippen molar-refractivity contribution in [2.45, 2.75) is 122 Å². The van der Waals surface area contributed by atoms with Crippen molar-refractivity contribution in [2.75, 3.05) is 0 Å². The van der Waals surface area contributed by atoms with Crippen molar-refractivity contribution in [2.24, 2.45) is 0 Å². The molecular formula is C36H58N6. The molecule has 0 saturated carbocycles. The van der Waals surface area contributed by atoms with E-state index < -0.39 is 0 Å². The lowest BCUT2D eigenvalue weighted by Gasteiger charge is -2.03. The summed E-state index contributed by atoms with van der Waals surface area (Å²) < 4.78 is 0. The van der Waals surface area contributed by atoms with E-state index in [-0.39, 0.29) is 14.9 Å². The molecule has 0 amide bonds. The van der Waals surface area contributed by atoms with E-state index >= 15 is 0 Å². The first-order valence-corrected chi connectivity index (χ1v) is 14.2. The summed E-state index contributed by atoms with van der Waals surface area (Å²) in [5, 5.41) is 0. The largest absolute Gasteiger partial charge is 0.264 e. The second-order valence-corrected chi connectivity index (χ2v) is 11.3. The predicted molar refractivity (Wildman–Crippen MR) is 181 cm³/mol. The SMILES string of the molecule is C.C.Cc1ccc(C(C)C)cn1.Cc1cnc(C(C)C)cn1.Cc1cncc(C(C)C)c1.Cc1cncc(C(C)C)n1. The lowest BCUT2D eigenvalue weighted by Crippen LogP contribution is -1.94. The zero-order chi connectivity index (χ0) is 30.2. The Hall–Kier alpha value is -3.54.